The van der Waals surface area contributed by atoms with Crippen LogP contribution in [0.4, 0.5) is 5.82 Å². The average molecular weight is 370 g/mol. The van der Waals surface area contributed by atoms with E-state index in [9.17, 15) is 9.59 Å². The van der Waals surface area contributed by atoms with Gasteiger partial charge in [-0.25, -0.2) is 4.68 Å². The first-order chi connectivity index (χ1) is 13.0. The number of carbonyl (C=O) groups is 2. The van der Waals surface area contributed by atoms with Crippen LogP contribution in [0, 0.1) is 6.92 Å². The smallest absolute Gasteiger partial charge is 0.243 e. The van der Waals surface area contributed by atoms with Crippen molar-refractivity contribution in [3.8, 4) is 5.75 Å². The third-order valence-electron chi connectivity index (χ3n) is 4.66. The fourth-order valence-corrected chi connectivity index (χ4v) is 3.41. The van der Waals surface area contributed by atoms with Crippen LogP contribution in [0.3, 0.4) is 0 Å². The molecule has 0 aliphatic carbocycles. The van der Waals surface area contributed by atoms with E-state index in [2.05, 4.69) is 10.4 Å². The molecule has 0 saturated carbocycles. The molecule has 144 valence electrons. The topological polar surface area (TPSA) is 76.5 Å². The summed E-state index contributed by atoms with van der Waals surface area (Å²) in [6.45, 7) is 7.20. The highest BCUT2D eigenvalue weighted by Crippen LogP contribution is 2.26. The predicted octanol–water partition coefficient (Wildman–Crippen LogP) is 2.42. The van der Waals surface area contributed by atoms with Gasteiger partial charge in [-0.3, -0.25) is 14.5 Å². The van der Waals surface area contributed by atoms with Crippen molar-refractivity contribution in [2.45, 2.75) is 52.7 Å². The number of amides is 2. The first-order valence-corrected chi connectivity index (χ1v) is 9.40. The lowest BCUT2D eigenvalue weighted by atomic mass is 10.1. The Bertz CT molecular complexity index is 830. The van der Waals surface area contributed by atoms with Crippen LogP contribution in [0.2, 0.25) is 0 Å². The van der Waals surface area contributed by atoms with Crippen LogP contribution in [0.15, 0.2) is 30.3 Å². The van der Waals surface area contributed by atoms with Gasteiger partial charge in [0, 0.05) is 24.6 Å². The summed E-state index contributed by atoms with van der Waals surface area (Å²) in [4.78, 5) is 27.1. The highest BCUT2D eigenvalue weighted by atomic mass is 16.5. The van der Waals surface area contributed by atoms with Crippen molar-refractivity contribution in [3.63, 3.8) is 0 Å². The molecule has 0 saturated heterocycles. The molecule has 0 fully saturated rings. The molecule has 1 aliphatic heterocycles. The van der Waals surface area contributed by atoms with Gasteiger partial charge < -0.3 is 10.1 Å². The molecule has 1 atom stereocenters. The summed E-state index contributed by atoms with van der Waals surface area (Å²) < 4.78 is 7.41. The van der Waals surface area contributed by atoms with Crippen LogP contribution >= 0.6 is 0 Å². The Kier molecular flexibility index (Phi) is 5.78. The zero-order valence-electron chi connectivity index (χ0n) is 16.1. The van der Waals surface area contributed by atoms with Gasteiger partial charge in [-0.1, -0.05) is 25.1 Å². The van der Waals surface area contributed by atoms with Crippen molar-refractivity contribution in [2.75, 3.05) is 11.5 Å². The third-order valence-corrected chi connectivity index (χ3v) is 4.66. The summed E-state index contributed by atoms with van der Waals surface area (Å²) >= 11 is 0. The lowest BCUT2D eigenvalue weighted by Crippen LogP contribution is -2.52. The van der Waals surface area contributed by atoms with Crippen molar-refractivity contribution < 1.29 is 14.3 Å². The summed E-state index contributed by atoms with van der Waals surface area (Å²) in [5, 5.41) is 7.37. The molecule has 27 heavy (non-hydrogen) atoms. The van der Waals surface area contributed by atoms with E-state index in [1.54, 1.807) is 9.58 Å². The fraction of sp³-hybridized carbons (Fsp3) is 0.450. The molecular weight excluding hydrogens is 344 g/mol. The Balaban J connectivity index is 1.76. The second-order valence-corrected chi connectivity index (χ2v) is 6.56. The highest BCUT2D eigenvalue weighted by Gasteiger charge is 2.34. The maximum atomic E-state index is 12.9. The van der Waals surface area contributed by atoms with Gasteiger partial charge in [0.05, 0.1) is 18.8 Å². The number of aromatic nitrogens is 2. The monoisotopic (exact) mass is 370 g/mol. The van der Waals surface area contributed by atoms with Gasteiger partial charge in [0.2, 0.25) is 11.8 Å². The zero-order chi connectivity index (χ0) is 19.4. The number of nitrogens with zero attached hydrogens (tertiary/aromatic N) is 3. The molecule has 7 nitrogen and oxygen atoms in total. The highest BCUT2D eigenvalue weighted by molar-refractivity contribution is 6.01. The Labute approximate surface area is 159 Å². The number of hydrogen-bond donors (Lipinski definition) is 1. The first kappa shape index (κ1) is 18.9. The molecule has 2 aromatic rings. The minimum atomic E-state index is -0.563. The van der Waals surface area contributed by atoms with Gasteiger partial charge in [-0.15, -0.1) is 0 Å². The number of carbonyl (C=O) groups excluding carboxylic acids is 2. The van der Waals surface area contributed by atoms with Gasteiger partial charge in [-0.05, 0) is 26.3 Å². The summed E-state index contributed by atoms with van der Waals surface area (Å²) in [6.07, 6.45) is 0.875. The molecule has 1 aliphatic rings. The van der Waals surface area contributed by atoms with E-state index in [1.807, 2.05) is 51.1 Å². The number of para-hydroxylation sites is 1. The molecule has 2 amide bonds. The van der Waals surface area contributed by atoms with E-state index in [-0.39, 0.29) is 11.8 Å². The van der Waals surface area contributed by atoms with Crippen molar-refractivity contribution in [1.29, 1.82) is 0 Å². The quantitative estimate of drug-likeness (QED) is 0.812. The van der Waals surface area contributed by atoms with Crippen molar-refractivity contribution in [2.24, 2.45) is 0 Å². The van der Waals surface area contributed by atoms with Crippen LogP contribution in [0.1, 0.15) is 37.9 Å². The number of nitrogens with one attached hydrogen (secondary N) is 1. The summed E-state index contributed by atoms with van der Waals surface area (Å²) in [5.41, 5.74) is 1.75. The Morgan fingerprint density at radius 3 is 2.85 bits per heavy atom. The average Bonchev–Trinajstić information content (AvgIpc) is 3.04. The van der Waals surface area contributed by atoms with E-state index in [0.29, 0.717) is 38.4 Å². The normalized spacial score (nSPS) is 14.6. The molecule has 1 aromatic heterocycles. The van der Waals surface area contributed by atoms with E-state index in [4.69, 9.17) is 4.74 Å². The zero-order valence-corrected chi connectivity index (χ0v) is 16.1. The van der Waals surface area contributed by atoms with Crippen LogP contribution < -0.4 is 15.0 Å². The fourth-order valence-electron chi connectivity index (χ4n) is 3.41. The maximum Gasteiger partial charge on any atom is 0.243 e. The van der Waals surface area contributed by atoms with Gasteiger partial charge in [0.1, 0.15) is 17.6 Å². The Morgan fingerprint density at radius 2 is 2.11 bits per heavy atom. The molecule has 7 heteroatoms. The maximum absolute atomic E-state index is 12.9. The molecule has 3 rings (SSSR count). The summed E-state index contributed by atoms with van der Waals surface area (Å²) in [6, 6.07) is 8.93. The molecule has 1 aromatic carbocycles. The number of benzene rings is 1. The molecule has 0 spiro atoms. The summed E-state index contributed by atoms with van der Waals surface area (Å²) in [5.74, 6) is 1.24. The van der Waals surface area contributed by atoms with Crippen molar-refractivity contribution in [1.82, 2.24) is 15.1 Å². The standard InChI is InChI=1S/C20H26N4O3/c1-4-16(24-18-12-14(3)22-23(18)11-10-19(24)25)20(26)21-13-15-8-6-7-9-17(15)27-5-2/h6-9,12,16H,4-5,10-11,13H2,1-3H3,(H,21,26)/t16-/m1/s1. The van der Waals surface area contributed by atoms with Crippen LogP contribution in [-0.2, 0) is 22.7 Å². The molecule has 0 radical (unpaired) electrons. The molecule has 2 heterocycles. The van der Waals surface area contributed by atoms with Crippen molar-refractivity contribution in [3.05, 3.63) is 41.6 Å². The number of rotatable bonds is 7. The van der Waals surface area contributed by atoms with Crippen molar-refractivity contribution >= 4 is 17.6 Å². The number of fused-ring (bicyclic) bond motifs is 1. The second kappa shape index (κ2) is 8.24. The molecule has 0 bridgehead atoms. The lowest BCUT2D eigenvalue weighted by molar-refractivity contribution is -0.127. The first-order valence-electron chi connectivity index (χ1n) is 9.40. The molecule has 1 N–H and O–H groups in total. The minimum absolute atomic E-state index is 0.0425. The minimum Gasteiger partial charge on any atom is -0.494 e. The largest absolute Gasteiger partial charge is 0.494 e. The summed E-state index contributed by atoms with van der Waals surface area (Å²) in [7, 11) is 0. The number of hydrogen-bond acceptors (Lipinski definition) is 4. The SMILES string of the molecule is CCOc1ccccc1CNC(=O)[C@@H](CC)N1C(=O)CCn2nc(C)cc21. The van der Waals surface area contributed by atoms with Gasteiger partial charge in [0.25, 0.3) is 0 Å². The van der Waals surface area contributed by atoms with Gasteiger partial charge in [-0.2, -0.15) is 5.10 Å². The second-order valence-electron chi connectivity index (χ2n) is 6.56. The number of aryl methyl sites for hydroxylation is 2. The number of ether oxygens (including phenoxy) is 1. The number of anilines is 1. The van der Waals surface area contributed by atoms with E-state index in [0.717, 1.165) is 17.0 Å². The predicted molar refractivity (Wildman–Crippen MR) is 103 cm³/mol. The van der Waals surface area contributed by atoms with Crippen LogP contribution in [0.5, 0.6) is 5.75 Å². The van der Waals surface area contributed by atoms with Gasteiger partial charge in [0.15, 0.2) is 0 Å². The van der Waals surface area contributed by atoms with Crippen LogP contribution in [-0.4, -0.2) is 34.2 Å². The van der Waals surface area contributed by atoms with E-state index >= 15 is 0 Å². The molecular formula is C20H26N4O3. The third kappa shape index (κ3) is 3.97. The van der Waals surface area contributed by atoms with E-state index < -0.39 is 6.04 Å². The van der Waals surface area contributed by atoms with E-state index in [1.165, 1.54) is 0 Å². The Hall–Kier alpha value is -2.83. The lowest BCUT2D eigenvalue weighted by Gasteiger charge is -2.33. The van der Waals surface area contributed by atoms with Crippen LogP contribution in [0.25, 0.3) is 0 Å². The Morgan fingerprint density at radius 1 is 1.33 bits per heavy atom. The molecule has 0 unspecified atom stereocenters. The van der Waals surface area contributed by atoms with Gasteiger partial charge >= 0.3 is 0 Å².